The molecule has 0 amide bonds. The van der Waals surface area contributed by atoms with E-state index in [1.807, 2.05) is 25.1 Å². The van der Waals surface area contributed by atoms with Crippen molar-refractivity contribution in [2.45, 2.75) is 32.9 Å². The first-order chi connectivity index (χ1) is 9.60. The Morgan fingerprint density at radius 3 is 2.50 bits per heavy atom. The van der Waals surface area contributed by atoms with Gasteiger partial charge >= 0.3 is 0 Å². The largest absolute Gasteiger partial charge is 0.306 e. The van der Waals surface area contributed by atoms with Crippen LogP contribution in [-0.2, 0) is 6.54 Å². The van der Waals surface area contributed by atoms with E-state index in [2.05, 4.69) is 40.3 Å². The Bertz CT molecular complexity index is 566. The normalized spacial score (nSPS) is 12.4. The van der Waals surface area contributed by atoms with Gasteiger partial charge in [0.1, 0.15) is 5.82 Å². The van der Waals surface area contributed by atoms with E-state index in [4.69, 9.17) is 0 Å². The second kappa shape index (κ2) is 7.00. The van der Waals surface area contributed by atoms with E-state index in [1.165, 1.54) is 11.6 Å². The van der Waals surface area contributed by atoms with Crippen LogP contribution in [0.25, 0.3) is 0 Å². The van der Waals surface area contributed by atoms with Gasteiger partial charge in [0.25, 0.3) is 0 Å². The van der Waals surface area contributed by atoms with Crippen LogP contribution in [0.4, 0.5) is 4.39 Å². The van der Waals surface area contributed by atoms with Gasteiger partial charge in [-0.15, -0.1) is 0 Å². The summed E-state index contributed by atoms with van der Waals surface area (Å²) in [6.07, 6.45) is 0.967. The maximum atomic E-state index is 13.7. The summed E-state index contributed by atoms with van der Waals surface area (Å²) in [5.74, 6) is -0.145. The molecule has 3 heteroatoms. The van der Waals surface area contributed by atoms with Crippen molar-refractivity contribution >= 4 is 15.9 Å². The monoisotopic (exact) mass is 335 g/mol. The quantitative estimate of drug-likeness (QED) is 0.797. The Labute approximate surface area is 128 Å². The summed E-state index contributed by atoms with van der Waals surface area (Å²) in [6.45, 7) is 4.66. The molecule has 2 rings (SSSR count). The average Bonchev–Trinajstić information content (AvgIpc) is 2.45. The first-order valence-corrected chi connectivity index (χ1v) is 7.63. The highest BCUT2D eigenvalue weighted by Gasteiger charge is 2.10. The Hall–Kier alpha value is -1.19. The molecule has 0 fully saturated rings. The molecule has 0 aromatic heterocycles. The number of benzene rings is 2. The standard InChI is InChI=1S/C17H19BrFN/c1-3-17(13-5-7-15(18)8-6-13)20-11-14-10-12(2)4-9-16(14)19/h4-10,17,20H,3,11H2,1-2H3. The molecular formula is C17H19BrFN. The summed E-state index contributed by atoms with van der Waals surface area (Å²) in [5.41, 5.74) is 3.03. The molecule has 0 saturated carbocycles. The number of aryl methyl sites for hydroxylation is 1. The summed E-state index contributed by atoms with van der Waals surface area (Å²) < 4.78 is 14.8. The lowest BCUT2D eigenvalue weighted by Gasteiger charge is -2.18. The number of rotatable bonds is 5. The third-order valence-electron chi connectivity index (χ3n) is 3.42. The summed E-state index contributed by atoms with van der Waals surface area (Å²) >= 11 is 3.44. The van der Waals surface area contributed by atoms with Gasteiger partial charge in [-0.3, -0.25) is 0 Å². The van der Waals surface area contributed by atoms with Gasteiger partial charge in [-0.05, 0) is 37.1 Å². The molecule has 106 valence electrons. The maximum Gasteiger partial charge on any atom is 0.127 e. The predicted molar refractivity (Wildman–Crippen MR) is 85.2 cm³/mol. The molecule has 0 aliphatic rings. The Morgan fingerprint density at radius 1 is 1.15 bits per heavy atom. The van der Waals surface area contributed by atoms with Gasteiger partial charge in [-0.1, -0.05) is 52.7 Å². The van der Waals surface area contributed by atoms with Crippen LogP contribution in [0.5, 0.6) is 0 Å². The molecule has 1 atom stereocenters. The molecule has 0 bridgehead atoms. The predicted octanol–water partition coefficient (Wildman–Crippen LogP) is 5.14. The van der Waals surface area contributed by atoms with Crippen LogP contribution in [0.1, 0.15) is 36.1 Å². The molecule has 0 aliphatic heterocycles. The lowest BCUT2D eigenvalue weighted by atomic mass is 10.0. The molecule has 0 saturated heterocycles. The van der Waals surface area contributed by atoms with E-state index < -0.39 is 0 Å². The fraction of sp³-hybridized carbons (Fsp3) is 0.294. The summed E-state index contributed by atoms with van der Waals surface area (Å²) in [4.78, 5) is 0. The zero-order valence-electron chi connectivity index (χ0n) is 11.8. The minimum absolute atomic E-state index is 0.145. The van der Waals surface area contributed by atoms with Crippen molar-refractivity contribution in [3.8, 4) is 0 Å². The third-order valence-corrected chi connectivity index (χ3v) is 3.95. The highest BCUT2D eigenvalue weighted by molar-refractivity contribution is 9.10. The van der Waals surface area contributed by atoms with Crippen LogP contribution < -0.4 is 5.32 Å². The molecule has 20 heavy (non-hydrogen) atoms. The molecule has 2 aromatic rings. The second-order valence-corrected chi connectivity index (χ2v) is 5.90. The van der Waals surface area contributed by atoms with E-state index in [-0.39, 0.29) is 11.9 Å². The molecule has 1 N–H and O–H groups in total. The van der Waals surface area contributed by atoms with Crippen LogP contribution in [-0.4, -0.2) is 0 Å². The van der Waals surface area contributed by atoms with Gasteiger partial charge in [0.05, 0.1) is 0 Å². The maximum absolute atomic E-state index is 13.7. The van der Waals surface area contributed by atoms with Crippen molar-refractivity contribution in [3.05, 3.63) is 69.4 Å². The fourth-order valence-corrected chi connectivity index (χ4v) is 2.53. The highest BCUT2D eigenvalue weighted by atomic mass is 79.9. The van der Waals surface area contributed by atoms with Crippen LogP contribution >= 0.6 is 15.9 Å². The molecule has 2 aromatic carbocycles. The van der Waals surface area contributed by atoms with Gasteiger partial charge in [0, 0.05) is 22.6 Å². The van der Waals surface area contributed by atoms with E-state index in [0.29, 0.717) is 6.54 Å². The number of hydrogen-bond acceptors (Lipinski definition) is 1. The SMILES string of the molecule is CCC(NCc1cc(C)ccc1F)c1ccc(Br)cc1. The van der Waals surface area contributed by atoms with Gasteiger partial charge in [-0.25, -0.2) is 4.39 Å². The first kappa shape index (κ1) is 15.2. The molecular weight excluding hydrogens is 317 g/mol. The Balaban J connectivity index is 2.07. The smallest absolute Gasteiger partial charge is 0.127 e. The minimum Gasteiger partial charge on any atom is -0.306 e. The highest BCUT2D eigenvalue weighted by Crippen LogP contribution is 2.20. The lowest BCUT2D eigenvalue weighted by molar-refractivity contribution is 0.504. The van der Waals surface area contributed by atoms with Crippen LogP contribution in [0.3, 0.4) is 0 Å². The van der Waals surface area contributed by atoms with Crippen LogP contribution in [0, 0.1) is 12.7 Å². The average molecular weight is 336 g/mol. The summed E-state index contributed by atoms with van der Waals surface area (Å²) in [5, 5.41) is 3.43. The third kappa shape index (κ3) is 3.90. The van der Waals surface area contributed by atoms with E-state index in [9.17, 15) is 4.39 Å². The number of nitrogens with one attached hydrogen (secondary N) is 1. The van der Waals surface area contributed by atoms with Crippen molar-refractivity contribution in [2.75, 3.05) is 0 Å². The molecule has 0 spiro atoms. The van der Waals surface area contributed by atoms with Crippen molar-refractivity contribution in [1.29, 1.82) is 0 Å². The molecule has 1 unspecified atom stereocenters. The van der Waals surface area contributed by atoms with E-state index in [0.717, 1.165) is 22.0 Å². The van der Waals surface area contributed by atoms with E-state index in [1.54, 1.807) is 6.07 Å². The number of hydrogen-bond donors (Lipinski definition) is 1. The fourth-order valence-electron chi connectivity index (χ4n) is 2.27. The Morgan fingerprint density at radius 2 is 1.85 bits per heavy atom. The van der Waals surface area contributed by atoms with Gasteiger partial charge in [0.2, 0.25) is 0 Å². The zero-order chi connectivity index (χ0) is 14.5. The topological polar surface area (TPSA) is 12.0 Å². The first-order valence-electron chi connectivity index (χ1n) is 6.84. The molecule has 0 aliphatic carbocycles. The summed E-state index contributed by atoms with van der Waals surface area (Å²) in [7, 11) is 0. The van der Waals surface area contributed by atoms with Crippen LogP contribution in [0.2, 0.25) is 0 Å². The lowest BCUT2D eigenvalue weighted by Crippen LogP contribution is -2.20. The second-order valence-electron chi connectivity index (χ2n) is 4.99. The van der Waals surface area contributed by atoms with E-state index >= 15 is 0 Å². The van der Waals surface area contributed by atoms with Gasteiger partial charge in [0.15, 0.2) is 0 Å². The zero-order valence-corrected chi connectivity index (χ0v) is 13.4. The van der Waals surface area contributed by atoms with Crippen molar-refractivity contribution in [3.63, 3.8) is 0 Å². The van der Waals surface area contributed by atoms with Crippen molar-refractivity contribution in [2.24, 2.45) is 0 Å². The molecule has 0 heterocycles. The molecule has 1 nitrogen and oxygen atoms in total. The van der Waals surface area contributed by atoms with Crippen molar-refractivity contribution in [1.82, 2.24) is 5.32 Å². The number of halogens is 2. The molecule has 0 radical (unpaired) electrons. The minimum atomic E-state index is -0.145. The van der Waals surface area contributed by atoms with Gasteiger partial charge in [-0.2, -0.15) is 0 Å². The Kier molecular flexibility index (Phi) is 5.32. The van der Waals surface area contributed by atoms with Gasteiger partial charge < -0.3 is 5.32 Å². The van der Waals surface area contributed by atoms with Crippen molar-refractivity contribution < 1.29 is 4.39 Å². The summed E-state index contributed by atoms with van der Waals surface area (Å²) in [6, 6.07) is 13.7. The van der Waals surface area contributed by atoms with Crippen LogP contribution in [0.15, 0.2) is 46.9 Å².